The molecule has 0 radical (unpaired) electrons. The Morgan fingerprint density at radius 3 is 3.08 bits per heavy atom. The molecule has 1 aliphatic heterocycles. The Kier molecular flexibility index (Phi) is 1.47. The summed E-state index contributed by atoms with van der Waals surface area (Å²) in [6.07, 6.45) is 0.292. The van der Waals surface area contributed by atoms with Gasteiger partial charge in [-0.05, 0) is 6.92 Å². The monoisotopic (exact) mass is 181 g/mol. The van der Waals surface area contributed by atoms with Crippen LogP contribution in [-0.4, -0.2) is 16.7 Å². The van der Waals surface area contributed by atoms with E-state index in [9.17, 15) is 4.79 Å². The number of carbonyl (C=O) groups excluding carboxylic acids is 1. The maximum atomic E-state index is 10.9. The lowest BCUT2D eigenvalue weighted by atomic mass is 10.2. The lowest BCUT2D eigenvalue weighted by Crippen LogP contribution is -2.22. The molecule has 0 aliphatic carbocycles. The van der Waals surface area contributed by atoms with E-state index >= 15 is 0 Å². The fourth-order valence-electron chi connectivity index (χ4n) is 1.16. The van der Waals surface area contributed by atoms with Crippen molar-refractivity contribution in [3.8, 4) is 0 Å². The maximum absolute atomic E-state index is 10.9. The van der Waals surface area contributed by atoms with Crippen LogP contribution in [0.5, 0.6) is 0 Å². The van der Waals surface area contributed by atoms with Crippen LogP contribution in [0.4, 0.5) is 0 Å². The molecule has 1 aliphatic rings. The van der Waals surface area contributed by atoms with Crippen molar-refractivity contribution in [2.24, 2.45) is 10.7 Å². The van der Waals surface area contributed by atoms with E-state index in [-0.39, 0.29) is 5.91 Å². The van der Waals surface area contributed by atoms with Gasteiger partial charge in [0.2, 0.25) is 0 Å². The first-order valence-electron chi connectivity index (χ1n) is 3.50. The zero-order valence-corrected chi connectivity index (χ0v) is 7.31. The summed E-state index contributed by atoms with van der Waals surface area (Å²) in [6.45, 7) is 1.89. The molecule has 0 fully saturated rings. The number of thiazole rings is 1. The van der Waals surface area contributed by atoms with Gasteiger partial charge < -0.3 is 5.73 Å². The predicted molar refractivity (Wildman–Crippen MR) is 46.3 cm³/mol. The van der Waals surface area contributed by atoms with Crippen LogP contribution in [0.25, 0.3) is 0 Å². The third kappa shape index (κ3) is 1.02. The molecule has 0 unspecified atom stereocenters. The van der Waals surface area contributed by atoms with Gasteiger partial charge >= 0.3 is 0 Å². The number of aliphatic imine (C=N–C) groups is 1. The lowest BCUT2D eigenvalue weighted by molar-refractivity contribution is -0.117. The molecule has 1 aromatic rings. The van der Waals surface area contributed by atoms with Crippen LogP contribution in [-0.2, 0) is 11.2 Å². The molecule has 12 heavy (non-hydrogen) atoms. The molecule has 0 atom stereocenters. The van der Waals surface area contributed by atoms with Gasteiger partial charge in [-0.1, -0.05) is 0 Å². The highest BCUT2D eigenvalue weighted by Crippen LogP contribution is 2.21. The number of aromatic nitrogens is 1. The first-order chi connectivity index (χ1) is 5.66. The second-order valence-corrected chi connectivity index (χ2v) is 3.78. The van der Waals surface area contributed by atoms with Crippen molar-refractivity contribution in [2.45, 2.75) is 13.3 Å². The van der Waals surface area contributed by atoms with Crippen LogP contribution in [0, 0.1) is 6.92 Å². The van der Waals surface area contributed by atoms with Crippen LogP contribution in [0.1, 0.15) is 15.6 Å². The van der Waals surface area contributed by atoms with Crippen LogP contribution in [0.3, 0.4) is 0 Å². The average Bonchev–Trinajstić information content (AvgIpc) is 2.29. The van der Waals surface area contributed by atoms with E-state index < -0.39 is 0 Å². The number of hydrogen-bond donors (Lipinski definition) is 1. The summed E-state index contributed by atoms with van der Waals surface area (Å²) in [6, 6.07) is 0. The Morgan fingerprint density at radius 1 is 1.58 bits per heavy atom. The summed E-state index contributed by atoms with van der Waals surface area (Å²) in [7, 11) is 0. The van der Waals surface area contributed by atoms with Crippen molar-refractivity contribution in [3.05, 3.63) is 15.6 Å². The van der Waals surface area contributed by atoms with Gasteiger partial charge in [0.05, 0.1) is 22.0 Å². The number of rotatable bonds is 0. The highest BCUT2D eigenvalue weighted by Gasteiger charge is 2.20. The van der Waals surface area contributed by atoms with Crippen molar-refractivity contribution < 1.29 is 4.79 Å². The zero-order chi connectivity index (χ0) is 8.72. The molecule has 2 heterocycles. The molecule has 5 heteroatoms. The van der Waals surface area contributed by atoms with E-state index in [2.05, 4.69) is 9.98 Å². The molecule has 0 saturated heterocycles. The molecule has 2 N–H and O–H groups in total. The normalized spacial score (nSPS) is 15.8. The summed E-state index contributed by atoms with van der Waals surface area (Å²) in [4.78, 5) is 19.6. The van der Waals surface area contributed by atoms with E-state index in [0.717, 1.165) is 15.6 Å². The summed E-state index contributed by atoms with van der Waals surface area (Å²) >= 11 is 1.48. The smallest absolute Gasteiger partial charge is 0.253 e. The third-order valence-electron chi connectivity index (χ3n) is 1.60. The van der Waals surface area contributed by atoms with Crippen LogP contribution < -0.4 is 5.73 Å². The van der Waals surface area contributed by atoms with Crippen LogP contribution >= 0.6 is 11.3 Å². The van der Waals surface area contributed by atoms with Gasteiger partial charge in [0.25, 0.3) is 5.91 Å². The fraction of sp³-hybridized carbons (Fsp3) is 0.286. The largest absolute Gasteiger partial charge is 0.382 e. The third-order valence-corrected chi connectivity index (χ3v) is 2.64. The minimum atomic E-state index is -0.203. The first-order valence-corrected chi connectivity index (χ1v) is 4.32. The first kappa shape index (κ1) is 7.42. The van der Waals surface area contributed by atoms with Crippen molar-refractivity contribution in [2.75, 3.05) is 0 Å². The summed E-state index contributed by atoms with van der Waals surface area (Å²) < 4.78 is 0. The number of hydrogen-bond acceptors (Lipinski definition) is 4. The second kappa shape index (κ2) is 2.38. The zero-order valence-electron chi connectivity index (χ0n) is 6.50. The van der Waals surface area contributed by atoms with E-state index in [1.165, 1.54) is 11.3 Å². The van der Waals surface area contributed by atoms with Crippen molar-refractivity contribution in [3.63, 3.8) is 0 Å². The lowest BCUT2D eigenvalue weighted by Gasteiger charge is -2.04. The SMILES string of the molecule is Cc1nc2c(s1)C(N)=NC(=O)C2. The van der Waals surface area contributed by atoms with Crippen molar-refractivity contribution in [1.82, 2.24) is 4.98 Å². The van der Waals surface area contributed by atoms with E-state index in [4.69, 9.17) is 5.73 Å². The van der Waals surface area contributed by atoms with Crippen LogP contribution in [0.2, 0.25) is 0 Å². The molecule has 2 rings (SSSR count). The van der Waals surface area contributed by atoms with Gasteiger partial charge in [0, 0.05) is 0 Å². The van der Waals surface area contributed by atoms with Gasteiger partial charge in [0.1, 0.15) is 5.84 Å². The fourth-order valence-corrected chi connectivity index (χ4v) is 2.00. The molecule has 0 saturated carbocycles. The summed E-state index contributed by atoms with van der Waals surface area (Å²) in [5.74, 6) is 0.108. The van der Waals surface area contributed by atoms with Gasteiger partial charge in [-0.3, -0.25) is 4.79 Å². The number of fused-ring (bicyclic) bond motifs is 1. The van der Waals surface area contributed by atoms with Gasteiger partial charge in [-0.25, -0.2) is 4.98 Å². The Morgan fingerprint density at radius 2 is 2.33 bits per heavy atom. The Balaban J connectivity index is 2.58. The van der Waals surface area contributed by atoms with E-state index in [1.54, 1.807) is 0 Å². The number of nitrogens with two attached hydrogens (primary N) is 1. The summed E-state index contributed by atoms with van der Waals surface area (Å²) in [5.41, 5.74) is 6.32. The molecule has 1 aromatic heterocycles. The molecule has 62 valence electrons. The second-order valence-electron chi connectivity index (χ2n) is 2.58. The molecule has 0 aromatic carbocycles. The Hall–Kier alpha value is -1.23. The predicted octanol–water partition coefficient (Wildman–Crippen LogP) is 0.240. The molecular weight excluding hydrogens is 174 g/mol. The quantitative estimate of drug-likeness (QED) is 0.623. The topological polar surface area (TPSA) is 68.3 Å². The number of carbonyl (C=O) groups is 1. The maximum Gasteiger partial charge on any atom is 0.253 e. The van der Waals surface area contributed by atoms with Gasteiger partial charge in [-0.15, -0.1) is 11.3 Å². The molecule has 0 bridgehead atoms. The number of amides is 1. The van der Waals surface area contributed by atoms with Gasteiger partial charge in [0.15, 0.2) is 0 Å². The van der Waals surface area contributed by atoms with E-state index in [0.29, 0.717) is 12.3 Å². The van der Waals surface area contributed by atoms with Gasteiger partial charge in [-0.2, -0.15) is 4.99 Å². The average molecular weight is 181 g/mol. The molecule has 0 spiro atoms. The standard InChI is InChI=1S/C7H7N3OS/c1-3-9-4-2-5(11)10-7(8)6(4)12-3/h2H2,1H3,(H2,8,10,11). The Bertz CT molecular complexity index is 380. The van der Waals surface area contributed by atoms with E-state index in [1.807, 2.05) is 6.92 Å². The minimum Gasteiger partial charge on any atom is -0.382 e. The summed E-state index contributed by atoms with van der Waals surface area (Å²) in [5, 5.41) is 0.924. The number of aryl methyl sites for hydroxylation is 1. The van der Waals surface area contributed by atoms with Crippen LogP contribution in [0.15, 0.2) is 4.99 Å². The highest BCUT2D eigenvalue weighted by atomic mass is 32.1. The minimum absolute atomic E-state index is 0.203. The molecule has 1 amide bonds. The van der Waals surface area contributed by atoms with Crippen molar-refractivity contribution >= 4 is 23.1 Å². The molecular formula is C7H7N3OS. The highest BCUT2D eigenvalue weighted by molar-refractivity contribution is 7.13. The number of nitrogens with zero attached hydrogens (tertiary/aromatic N) is 2. The number of amidine groups is 1. The molecule has 4 nitrogen and oxygen atoms in total. The van der Waals surface area contributed by atoms with Crippen molar-refractivity contribution in [1.29, 1.82) is 0 Å². The Labute approximate surface area is 73.1 Å².